The molecule has 0 aliphatic heterocycles. The molecule has 0 radical (unpaired) electrons. The first kappa shape index (κ1) is 43.5. The lowest BCUT2D eigenvalue weighted by atomic mass is 9.79. The van der Waals surface area contributed by atoms with Gasteiger partial charge in [0.1, 0.15) is 11.5 Å². The van der Waals surface area contributed by atoms with Crippen LogP contribution in [0.1, 0.15) is 124 Å². The predicted molar refractivity (Wildman–Crippen MR) is 228 cm³/mol. The van der Waals surface area contributed by atoms with Crippen LogP contribution in [0.3, 0.4) is 0 Å². The number of carbonyl (C=O) groups excluding carboxylic acids is 1. The standard InChI is InChI=1S/C24H24F2N2O.C23H21F4N5O2/c1-23(2,3)16-4-5-17(18(12-16)15-6-9-24(25,26)10-7-15)21-13-22(29)19-14-27-11-8-20(19)28-21;24-22(25)4-1-11(2-5-22)18-13(10-30-21(32-18)12-8-23(26,27)9-12)15-7-16(33)17-14(31-15)3-6-29-19(17)20(28)34/h4-6,8,11-14H,7,9-10H2,1-3H3,(H,28,29);3,6-7,10-12H,1-2,4-5,8-9H2,(H2,28,34)(H,31,33). The summed E-state index contributed by atoms with van der Waals surface area (Å²) in [4.78, 5) is 60.3. The smallest absolute Gasteiger partial charge is 0.268 e. The number of amides is 1. The van der Waals surface area contributed by atoms with Crippen molar-refractivity contribution in [1.29, 1.82) is 0 Å². The lowest BCUT2D eigenvalue weighted by Gasteiger charge is -2.34. The monoisotopic (exact) mass is 869 g/mol. The van der Waals surface area contributed by atoms with Crippen LogP contribution in [0.15, 0.2) is 82.9 Å². The van der Waals surface area contributed by atoms with Crippen molar-refractivity contribution in [3.63, 3.8) is 0 Å². The molecule has 2 saturated carbocycles. The Morgan fingerprint density at radius 2 is 1.43 bits per heavy atom. The van der Waals surface area contributed by atoms with Crippen LogP contribution in [-0.2, 0) is 5.41 Å². The minimum Gasteiger partial charge on any atom is -0.364 e. The van der Waals surface area contributed by atoms with Gasteiger partial charge in [0, 0.05) is 98.4 Å². The van der Waals surface area contributed by atoms with Crippen molar-refractivity contribution in [3.05, 3.63) is 122 Å². The Balaban J connectivity index is 0.000000175. The second kappa shape index (κ2) is 16.2. The van der Waals surface area contributed by atoms with Gasteiger partial charge in [0.25, 0.3) is 11.8 Å². The van der Waals surface area contributed by atoms with Gasteiger partial charge in [0.05, 0.1) is 38.9 Å². The maximum absolute atomic E-state index is 13.8. The average molecular weight is 870 g/mol. The Hall–Kier alpha value is -6.19. The summed E-state index contributed by atoms with van der Waals surface area (Å²) in [5.41, 5.74) is 11.2. The molecule has 10 nitrogen and oxygen atoms in total. The van der Waals surface area contributed by atoms with Crippen LogP contribution in [0.2, 0.25) is 0 Å². The fourth-order valence-electron chi connectivity index (χ4n) is 8.60. The van der Waals surface area contributed by atoms with E-state index in [4.69, 9.17) is 5.73 Å². The van der Waals surface area contributed by atoms with Gasteiger partial charge in [-0.25, -0.2) is 36.3 Å². The molecule has 0 bridgehead atoms. The fourth-order valence-corrected chi connectivity index (χ4v) is 8.60. The lowest BCUT2D eigenvalue weighted by Crippen LogP contribution is -2.35. The number of H-pyrrole nitrogens is 2. The number of aromatic nitrogens is 6. The molecule has 5 heterocycles. The number of carbonyl (C=O) groups is 1. The first-order valence-corrected chi connectivity index (χ1v) is 20.8. The number of hydrogen-bond acceptors (Lipinski definition) is 7. The number of nitrogens with zero attached hydrogens (tertiary/aromatic N) is 4. The van der Waals surface area contributed by atoms with Gasteiger partial charge in [-0.3, -0.25) is 24.4 Å². The van der Waals surface area contributed by atoms with E-state index in [1.54, 1.807) is 30.6 Å². The number of allylic oxidation sites excluding steroid dienone is 2. The summed E-state index contributed by atoms with van der Waals surface area (Å²) in [7, 11) is 0. The molecule has 1 amide bonds. The summed E-state index contributed by atoms with van der Waals surface area (Å²) in [6.07, 6.45) is 6.55. The molecule has 3 aliphatic carbocycles. The van der Waals surface area contributed by atoms with Crippen molar-refractivity contribution >= 4 is 33.3 Å². The van der Waals surface area contributed by atoms with Gasteiger partial charge in [0.15, 0.2) is 10.9 Å². The van der Waals surface area contributed by atoms with Gasteiger partial charge in [-0.05, 0) is 53.5 Å². The highest BCUT2D eigenvalue weighted by atomic mass is 19.3. The molecule has 9 rings (SSSR count). The van der Waals surface area contributed by atoms with Crippen molar-refractivity contribution < 1.29 is 31.1 Å². The third-order valence-electron chi connectivity index (χ3n) is 12.2. The molecule has 0 saturated heterocycles. The quantitative estimate of drug-likeness (QED) is 0.140. The van der Waals surface area contributed by atoms with Crippen LogP contribution in [-0.4, -0.2) is 53.6 Å². The number of fused-ring (bicyclic) bond motifs is 2. The number of halogens is 6. The molecule has 16 heteroatoms. The second-order valence-electron chi connectivity index (χ2n) is 17.9. The third kappa shape index (κ3) is 9.16. The van der Waals surface area contributed by atoms with E-state index in [0.29, 0.717) is 45.5 Å². The maximum atomic E-state index is 13.8. The number of nitrogens with one attached hydrogen (secondary N) is 2. The molecule has 0 unspecified atom stereocenters. The number of nitrogens with two attached hydrogens (primary N) is 1. The third-order valence-corrected chi connectivity index (χ3v) is 12.2. The largest absolute Gasteiger partial charge is 0.364 e. The summed E-state index contributed by atoms with van der Waals surface area (Å²) in [6, 6.07) is 12.2. The number of alkyl halides is 6. The molecule has 328 valence electrons. The van der Waals surface area contributed by atoms with E-state index in [9.17, 15) is 40.7 Å². The summed E-state index contributed by atoms with van der Waals surface area (Å²) in [5, 5.41) is 0.562. The van der Waals surface area contributed by atoms with Crippen LogP contribution in [0.25, 0.3) is 49.9 Å². The fraction of sp³-hybridized carbons (Fsp3) is 0.383. The van der Waals surface area contributed by atoms with Gasteiger partial charge < -0.3 is 15.7 Å². The van der Waals surface area contributed by atoms with Crippen molar-refractivity contribution in [3.8, 4) is 22.5 Å². The molecule has 5 aromatic heterocycles. The van der Waals surface area contributed by atoms with Gasteiger partial charge >= 0.3 is 0 Å². The number of rotatable bonds is 6. The lowest BCUT2D eigenvalue weighted by molar-refractivity contribution is -0.0886. The van der Waals surface area contributed by atoms with Crippen LogP contribution < -0.4 is 16.6 Å². The highest BCUT2D eigenvalue weighted by Gasteiger charge is 2.47. The molecule has 2 fully saturated rings. The Kier molecular flexibility index (Phi) is 11.2. The molecule has 6 aromatic rings. The zero-order valence-corrected chi connectivity index (χ0v) is 34.8. The molecule has 0 spiro atoms. The summed E-state index contributed by atoms with van der Waals surface area (Å²) in [6.45, 7) is 6.38. The van der Waals surface area contributed by atoms with Crippen LogP contribution in [0, 0.1) is 0 Å². The summed E-state index contributed by atoms with van der Waals surface area (Å²) >= 11 is 0. The second-order valence-corrected chi connectivity index (χ2v) is 17.9. The summed E-state index contributed by atoms with van der Waals surface area (Å²) < 4.78 is 81.9. The molecular weight excluding hydrogens is 825 g/mol. The highest BCUT2D eigenvalue weighted by molar-refractivity contribution is 6.03. The minimum absolute atomic E-state index is 0.0341. The Morgan fingerprint density at radius 3 is 2.10 bits per heavy atom. The van der Waals surface area contributed by atoms with Gasteiger partial charge in [0.2, 0.25) is 11.8 Å². The van der Waals surface area contributed by atoms with E-state index >= 15 is 0 Å². The van der Waals surface area contributed by atoms with Crippen molar-refractivity contribution in [1.82, 2.24) is 29.9 Å². The molecular formula is C47H45F6N7O3. The Labute approximate surface area is 357 Å². The van der Waals surface area contributed by atoms with Crippen molar-refractivity contribution in [2.24, 2.45) is 5.73 Å². The van der Waals surface area contributed by atoms with E-state index in [-0.39, 0.29) is 85.0 Å². The molecule has 1 aromatic carbocycles. The van der Waals surface area contributed by atoms with E-state index in [2.05, 4.69) is 56.7 Å². The molecule has 4 N–H and O–H groups in total. The molecule has 63 heavy (non-hydrogen) atoms. The zero-order chi connectivity index (χ0) is 45.1. The van der Waals surface area contributed by atoms with E-state index in [1.807, 2.05) is 12.1 Å². The first-order chi connectivity index (χ1) is 29.7. The average Bonchev–Trinajstić information content (AvgIpc) is 3.22. The SMILES string of the molecule is CC(C)(C)c1ccc(-c2cc(=O)c3cnccc3[nH]2)c(C2=CCC(F)(F)CC2)c1.NC(=O)c1nccc2[nH]c(-c3cnc(C4CC(F)(F)C4)nc3C3CCC(F)(F)CC3)cc(=O)c12. The molecule has 3 aliphatic rings. The predicted octanol–water partition coefficient (Wildman–Crippen LogP) is 10.4. The van der Waals surface area contributed by atoms with Crippen LogP contribution in [0.4, 0.5) is 26.3 Å². The minimum atomic E-state index is -2.75. The van der Waals surface area contributed by atoms with Crippen molar-refractivity contribution in [2.45, 2.75) is 114 Å². The van der Waals surface area contributed by atoms with Crippen LogP contribution >= 0.6 is 0 Å². The number of hydrogen-bond donors (Lipinski definition) is 3. The topological polar surface area (TPSA) is 160 Å². The Bertz CT molecular complexity index is 2900. The first-order valence-electron chi connectivity index (χ1n) is 20.8. The zero-order valence-electron chi connectivity index (χ0n) is 34.8. The maximum Gasteiger partial charge on any atom is 0.268 e. The Morgan fingerprint density at radius 1 is 0.746 bits per heavy atom. The number of primary amides is 1. The number of benzene rings is 1. The van der Waals surface area contributed by atoms with E-state index < -0.39 is 35.0 Å². The van der Waals surface area contributed by atoms with E-state index in [0.717, 1.165) is 22.3 Å². The normalized spacial score (nSPS) is 18.6. The van der Waals surface area contributed by atoms with Gasteiger partial charge in [-0.1, -0.05) is 45.0 Å². The molecule has 0 atom stereocenters. The van der Waals surface area contributed by atoms with E-state index in [1.165, 1.54) is 24.5 Å². The van der Waals surface area contributed by atoms with Gasteiger partial charge in [-0.2, -0.15) is 0 Å². The van der Waals surface area contributed by atoms with Crippen molar-refractivity contribution in [2.75, 3.05) is 0 Å². The van der Waals surface area contributed by atoms with Crippen LogP contribution in [0.5, 0.6) is 0 Å². The highest BCUT2D eigenvalue weighted by Crippen LogP contribution is 2.49. The number of aromatic amines is 2. The number of pyridine rings is 4. The van der Waals surface area contributed by atoms with Gasteiger partial charge in [-0.15, -0.1) is 0 Å². The summed E-state index contributed by atoms with van der Waals surface area (Å²) in [5.74, 6) is -9.59.